The van der Waals surface area contributed by atoms with Crippen LogP contribution < -0.4 is 5.32 Å². The maximum absolute atomic E-state index is 12.1. The van der Waals surface area contributed by atoms with E-state index < -0.39 is 26.5 Å². The maximum atomic E-state index is 12.1. The van der Waals surface area contributed by atoms with Crippen molar-refractivity contribution < 1.29 is 37.9 Å². The van der Waals surface area contributed by atoms with Crippen molar-refractivity contribution in [1.82, 2.24) is 5.32 Å². The number of phosphoric ester groups is 1. The van der Waals surface area contributed by atoms with E-state index in [0.717, 1.165) is 44.9 Å². The number of esters is 1. The molecule has 1 amide bonds. The average molecular weight is 744 g/mol. The van der Waals surface area contributed by atoms with Gasteiger partial charge in [-0.05, 0) is 44.9 Å². The van der Waals surface area contributed by atoms with Gasteiger partial charge in [0.2, 0.25) is 5.91 Å². The van der Waals surface area contributed by atoms with E-state index in [0.29, 0.717) is 6.42 Å². The molecule has 2 atom stereocenters. The Morgan fingerprint density at radius 3 is 1.61 bits per heavy atom. The van der Waals surface area contributed by atoms with Gasteiger partial charge < -0.3 is 20.1 Å². The van der Waals surface area contributed by atoms with Gasteiger partial charge in [-0.1, -0.05) is 160 Å². The highest BCUT2D eigenvalue weighted by atomic mass is 31.2. The molecular formula is C41H78NO8P. The minimum Gasteiger partial charge on any atom is -0.463 e. The quantitative estimate of drug-likeness (QED) is 0.0245. The third-order valence-electron chi connectivity index (χ3n) is 8.88. The molecule has 0 aromatic carbocycles. The first-order valence-corrected chi connectivity index (χ1v) is 22.3. The van der Waals surface area contributed by atoms with E-state index in [1.54, 1.807) is 0 Å². The summed E-state index contributed by atoms with van der Waals surface area (Å²) in [5.74, 6) is -0.518. The monoisotopic (exact) mass is 744 g/mol. The molecule has 0 bridgehead atoms. The predicted octanol–water partition coefficient (Wildman–Crippen LogP) is 11.2. The van der Waals surface area contributed by atoms with Crippen LogP contribution in [0.2, 0.25) is 0 Å². The lowest BCUT2D eigenvalue weighted by Crippen LogP contribution is -2.27. The molecular weight excluding hydrogens is 665 g/mol. The molecule has 0 heterocycles. The average Bonchev–Trinajstić information content (AvgIpc) is 3.11. The van der Waals surface area contributed by atoms with Gasteiger partial charge in [-0.2, -0.15) is 0 Å². The number of carbonyl (C=O) groups is 2. The molecule has 2 unspecified atom stereocenters. The van der Waals surface area contributed by atoms with Crippen LogP contribution in [0.15, 0.2) is 24.3 Å². The van der Waals surface area contributed by atoms with Crippen molar-refractivity contribution in [3.63, 3.8) is 0 Å². The van der Waals surface area contributed by atoms with Gasteiger partial charge in [-0.25, -0.2) is 4.57 Å². The number of allylic oxidation sites excluding steroid dienone is 4. The zero-order valence-corrected chi connectivity index (χ0v) is 33.7. The number of rotatable bonds is 39. The number of unbranched alkanes of at least 4 members (excludes halogenated alkanes) is 22. The normalized spacial score (nSPS) is 13.6. The number of carbonyl (C=O) groups excluding carboxylic acids is 2. The molecule has 0 aliphatic carbocycles. The first kappa shape index (κ1) is 49.5. The highest BCUT2D eigenvalue weighted by Crippen LogP contribution is 2.42. The van der Waals surface area contributed by atoms with Crippen LogP contribution in [0, 0.1) is 0 Å². The Labute approximate surface area is 312 Å². The van der Waals surface area contributed by atoms with Gasteiger partial charge in [0.15, 0.2) is 0 Å². The lowest BCUT2D eigenvalue weighted by molar-refractivity contribution is -0.147. The van der Waals surface area contributed by atoms with Gasteiger partial charge in [0.1, 0.15) is 12.7 Å². The Morgan fingerprint density at radius 1 is 0.608 bits per heavy atom. The van der Waals surface area contributed by atoms with Crippen molar-refractivity contribution in [3.8, 4) is 0 Å². The second kappa shape index (κ2) is 38.2. The molecule has 0 aliphatic heterocycles. The fourth-order valence-electron chi connectivity index (χ4n) is 5.70. The van der Waals surface area contributed by atoms with Gasteiger partial charge in [-0.15, -0.1) is 0 Å². The third kappa shape index (κ3) is 39.5. The van der Waals surface area contributed by atoms with Crippen LogP contribution in [0.5, 0.6) is 0 Å². The molecule has 0 fully saturated rings. The maximum Gasteiger partial charge on any atom is 0.472 e. The van der Waals surface area contributed by atoms with Gasteiger partial charge in [0.25, 0.3) is 0 Å². The van der Waals surface area contributed by atoms with Crippen molar-refractivity contribution in [2.24, 2.45) is 0 Å². The lowest BCUT2D eigenvalue weighted by atomic mass is 10.1. The van der Waals surface area contributed by atoms with Crippen LogP contribution in [0.4, 0.5) is 0 Å². The number of phosphoric acid groups is 1. The summed E-state index contributed by atoms with van der Waals surface area (Å²) in [6.45, 7) is 3.52. The molecule has 0 aliphatic rings. The first-order chi connectivity index (χ1) is 24.8. The number of hydrogen-bond donors (Lipinski definition) is 3. The van der Waals surface area contributed by atoms with Gasteiger partial charge in [-0.3, -0.25) is 18.6 Å². The van der Waals surface area contributed by atoms with E-state index in [-0.39, 0.29) is 32.1 Å². The zero-order chi connectivity index (χ0) is 37.5. The minimum absolute atomic E-state index is 0.0813. The van der Waals surface area contributed by atoms with Gasteiger partial charge >= 0.3 is 13.8 Å². The van der Waals surface area contributed by atoms with Crippen LogP contribution in [-0.2, 0) is 27.9 Å². The Kier molecular flexibility index (Phi) is 37.1. The summed E-state index contributed by atoms with van der Waals surface area (Å²) in [5, 5.41) is 12.7. The fraction of sp³-hybridized carbons (Fsp3) is 0.854. The van der Waals surface area contributed by atoms with E-state index in [9.17, 15) is 24.2 Å². The van der Waals surface area contributed by atoms with E-state index in [4.69, 9.17) is 13.8 Å². The van der Waals surface area contributed by atoms with E-state index in [2.05, 4.69) is 43.5 Å². The SMILES string of the molecule is CCCCC/C=C\C/C=C\CCCCCCCCCCCC(=O)NCCOP(=O)(O)OCC(O)COC(=O)CCCCCCCCCCCCC. The van der Waals surface area contributed by atoms with Crippen molar-refractivity contribution >= 4 is 19.7 Å². The summed E-state index contributed by atoms with van der Waals surface area (Å²) >= 11 is 0. The van der Waals surface area contributed by atoms with Crippen molar-refractivity contribution in [2.75, 3.05) is 26.4 Å². The van der Waals surface area contributed by atoms with Gasteiger partial charge in [0.05, 0.1) is 13.2 Å². The smallest absolute Gasteiger partial charge is 0.463 e. The molecule has 0 aromatic rings. The molecule has 3 N–H and O–H groups in total. The number of aliphatic hydroxyl groups excluding tert-OH is 1. The van der Waals surface area contributed by atoms with E-state index in [1.807, 2.05) is 0 Å². The van der Waals surface area contributed by atoms with Crippen LogP contribution in [0.3, 0.4) is 0 Å². The van der Waals surface area contributed by atoms with Crippen LogP contribution in [-0.4, -0.2) is 54.3 Å². The Bertz CT molecular complexity index is 897. The standard InChI is InChI=1S/C41H78NO8P/c1-3-5-7-9-11-13-15-16-17-18-19-20-21-22-24-25-27-29-31-33-40(44)42-35-36-49-51(46,47)50-38-39(43)37-48-41(45)34-32-30-28-26-23-14-12-10-8-6-4-2/h11,13,16-17,39,43H,3-10,12,14-15,18-38H2,1-2H3,(H,42,44)(H,46,47)/b13-11-,17-16-. The highest BCUT2D eigenvalue weighted by Gasteiger charge is 2.23. The number of nitrogens with one attached hydrogen (secondary N) is 1. The molecule has 0 aromatic heterocycles. The molecule has 0 spiro atoms. The van der Waals surface area contributed by atoms with E-state index in [1.165, 1.54) is 122 Å². The molecule has 9 nitrogen and oxygen atoms in total. The second-order valence-corrected chi connectivity index (χ2v) is 15.4. The number of ether oxygens (including phenoxy) is 1. The lowest BCUT2D eigenvalue weighted by Gasteiger charge is -2.15. The second-order valence-electron chi connectivity index (χ2n) is 14.0. The Hall–Kier alpha value is -1.51. The molecule has 0 saturated heterocycles. The summed E-state index contributed by atoms with van der Waals surface area (Å²) in [6.07, 6.45) is 39.6. The molecule has 300 valence electrons. The number of hydrogen-bond acceptors (Lipinski definition) is 7. The largest absolute Gasteiger partial charge is 0.472 e. The van der Waals surface area contributed by atoms with Crippen molar-refractivity contribution in [2.45, 2.75) is 200 Å². The summed E-state index contributed by atoms with van der Waals surface area (Å²) < 4.78 is 26.8. The highest BCUT2D eigenvalue weighted by molar-refractivity contribution is 7.47. The van der Waals surface area contributed by atoms with E-state index >= 15 is 0 Å². The van der Waals surface area contributed by atoms with Crippen molar-refractivity contribution in [1.29, 1.82) is 0 Å². The molecule has 0 rings (SSSR count). The number of amides is 1. The molecule has 10 heteroatoms. The van der Waals surface area contributed by atoms with Crippen LogP contribution in [0.25, 0.3) is 0 Å². The third-order valence-corrected chi connectivity index (χ3v) is 9.87. The Balaban J connectivity index is 3.58. The minimum atomic E-state index is -4.41. The number of aliphatic hydroxyl groups is 1. The molecule has 51 heavy (non-hydrogen) atoms. The van der Waals surface area contributed by atoms with Gasteiger partial charge in [0, 0.05) is 19.4 Å². The van der Waals surface area contributed by atoms with Crippen LogP contribution in [0.1, 0.15) is 194 Å². The molecule has 0 saturated carbocycles. The molecule has 0 radical (unpaired) electrons. The fourth-order valence-corrected chi connectivity index (χ4v) is 6.46. The Morgan fingerprint density at radius 2 is 1.06 bits per heavy atom. The van der Waals surface area contributed by atoms with Crippen LogP contribution >= 0.6 is 7.82 Å². The zero-order valence-electron chi connectivity index (χ0n) is 32.8. The summed E-state index contributed by atoms with van der Waals surface area (Å²) in [7, 11) is -4.41. The first-order valence-electron chi connectivity index (χ1n) is 20.8. The topological polar surface area (TPSA) is 131 Å². The van der Waals surface area contributed by atoms with Crippen molar-refractivity contribution in [3.05, 3.63) is 24.3 Å². The summed E-state index contributed by atoms with van der Waals surface area (Å²) in [4.78, 5) is 33.8. The summed E-state index contributed by atoms with van der Waals surface area (Å²) in [6, 6.07) is 0. The summed E-state index contributed by atoms with van der Waals surface area (Å²) in [5.41, 5.74) is 0. The predicted molar refractivity (Wildman–Crippen MR) is 211 cm³/mol.